The first-order valence-corrected chi connectivity index (χ1v) is 5.24. The molecule has 0 amide bonds. The predicted octanol–water partition coefficient (Wildman–Crippen LogP) is 1.84. The van der Waals surface area contributed by atoms with E-state index in [0.29, 0.717) is 6.04 Å². The molecule has 0 aromatic rings. The first kappa shape index (κ1) is 11.0. The van der Waals surface area contributed by atoms with Gasteiger partial charge >= 0.3 is 0 Å². The van der Waals surface area contributed by atoms with Crippen molar-refractivity contribution in [1.29, 1.82) is 0 Å². The molecular weight excluding hydrogens is 160 g/mol. The van der Waals surface area contributed by atoms with E-state index in [4.69, 9.17) is 5.73 Å². The largest absolute Gasteiger partial charge is 0.327 e. The van der Waals surface area contributed by atoms with Crippen LogP contribution in [0.3, 0.4) is 0 Å². The Balaban J connectivity index is 2.66. The zero-order chi connectivity index (χ0) is 10.3. The van der Waals surface area contributed by atoms with Crippen LogP contribution in [0.1, 0.15) is 41.0 Å². The van der Waals surface area contributed by atoms with Gasteiger partial charge in [0.2, 0.25) is 0 Å². The van der Waals surface area contributed by atoms with Crippen LogP contribution in [0.15, 0.2) is 0 Å². The van der Waals surface area contributed by atoms with Crippen LogP contribution < -0.4 is 5.73 Å². The summed E-state index contributed by atoms with van der Waals surface area (Å²) in [4.78, 5) is 2.54. The second kappa shape index (κ2) is 3.25. The van der Waals surface area contributed by atoms with Crippen molar-refractivity contribution in [2.45, 2.75) is 52.6 Å². The molecule has 1 fully saturated rings. The molecule has 0 saturated carbocycles. The normalized spacial score (nSPS) is 30.5. The van der Waals surface area contributed by atoms with E-state index in [1.54, 1.807) is 0 Å². The third-order valence-corrected chi connectivity index (χ3v) is 3.26. The van der Waals surface area contributed by atoms with E-state index in [0.717, 1.165) is 19.5 Å². The minimum atomic E-state index is 0.269. The third kappa shape index (κ3) is 2.44. The summed E-state index contributed by atoms with van der Waals surface area (Å²) in [7, 11) is 0. The van der Waals surface area contributed by atoms with Gasteiger partial charge in [0.25, 0.3) is 0 Å². The first-order valence-electron chi connectivity index (χ1n) is 5.24. The van der Waals surface area contributed by atoms with Crippen LogP contribution in [0.2, 0.25) is 0 Å². The smallest absolute Gasteiger partial charge is 0.0125 e. The van der Waals surface area contributed by atoms with Crippen LogP contribution in [-0.2, 0) is 0 Å². The number of hydrogen-bond acceptors (Lipinski definition) is 2. The highest BCUT2D eigenvalue weighted by Crippen LogP contribution is 2.31. The lowest BCUT2D eigenvalue weighted by molar-refractivity contribution is 0.0301. The van der Waals surface area contributed by atoms with Crippen LogP contribution >= 0.6 is 0 Å². The van der Waals surface area contributed by atoms with Crippen molar-refractivity contribution in [3.8, 4) is 0 Å². The molecule has 1 rings (SSSR count). The summed E-state index contributed by atoms with van der Waals surface area (Å²) in [6.45, 7) is 13.6. The average molecular weight is 184 g/mol. The fourth-order valence-electron chi connectivity index (χ4n) is 1.95. The topological polar surface area (TPSA) is 29.3 Å². The summed E-state index contributed by atoms with van der Waals surface area (Å²) >= 11 is 0. The van der Waals surface area contributed by atoms with Gasteiger partial charge < -0.3 is 5.73 Å². The number of piperidine rings is 1. The van der Waals surface area contributed by atoms with E-state index in [9.17, 15) is 0 Å². The molecule has 2 N–H and O–H groups in total. The van der Waals surface area contributed by atoms with Crippen molar-refractivity contribution in [2.75, 3.05) is 13.1 Å². The number of hydrogen-bond donors (Lipinski definition) is 1. The summed E-state index contributed by atoms with van der Waals surface area (Å²) in [5, 5.41) is 0. The maximum absolute atomic E-state index is 6.09. The molecule has 0 aliphatic carbocycles. The average Bonchev–Trinajstić information content (AvgIpc) is 1.92. The van der Waals surface area contributed by atoms with Crippen molar-refractivity contribution in [3.63, 3.8) is 0 Å². The Morgan fingerprint density at radius 1 is 1.31 bits per heavy atom. The van der Waals surface area contributed by atoms with Crippen molar-refractivity contribution < 1.29 is 0 Å². The van der Waals surface area contributed by atoms with Gasteiger partial charge in [-0.1, -0.05) is 13.8 Å². The molecule has 0 bridgehead atoms. The summed E-state index contributed by atoms with van der Waals surface area (Å²) in [5.74, 6) is 0. The number of rotatable bonds is 0. The fraction of sp³-hybridized carbons (Fsp3) is 1.00. The molecule has 1 aliphatic rings. The standard InChI is InChI=1S/C11H24N2/c1-10(2,3)13-7-6-9(12)11(4,5)8-13/h9H,6-8,12H2,1-5H3/t9-/m0/s1. The predicted molar refractivity (Wildman–Crippen MR) is 57.7 cm³/mol. The van der Waals surface area contributed by atoms with Crippen molar-refractivity contribution >= 4 is 0 Å². The first-order chi connectivity index (χ1) is 5.73. The Morgan fingerprint density at radius 3 is 2.23 bits per heavy atom. The maximum atomic E-state index is 6.09. The highest BCUT2D eigenvalue weighted by Gasteiger charge is 2.36. The van der Waals surface area contributed by atoms with Crippen molar-refractivity contribution in [2.24, 2.45) is 11.1 Å². The number of likely N-dealkylation sites (tertiary alicyclic amines) is 1. The summed E-state index contributed by atoms with van der Waals surface area (Å²) < 4.78 is 0. The van der Waals surface area contributed by atoms with Crippen LogP contribution in [0, 0.1) is 5.41 Å². The molecule has 0 aromatic heterocycles. The zero-order valence-corrected chi connectivity index (χ0v) is 9.72. The van der Waals surface area contributed by atoms with Gasteiger partial charge in [-0.25, -0.2) is 0 Å². The summed E-state index contributed by atoms with van der Waals surface area (Å²) in [6.07, 6.45) is 1.13. The molecule has 0 unspecified atom stereocenters. The van der Waals surface area contributed by atoms with Crippen LogP contribution in [-0.4, -0.2) is 29.6 Å². The van der Waals surface area contributed by atoms with E-state index >= 15 is 0 Å². The molecule has 1 aliphatic heterocycles. The fourth-order valence-corrected chi connectivity index (χ4v) is 1.95. The highest BCUT2D eigenvalue weighted by molar-refractivity contribution is 4.93. The van der Waals surface area contributed by atoms with Gasteiger partial charge in [0.15, 0.2) is 0 Å². The number of nitrogens with two attached hydrogens (primary N) is 1. The highest BCUT2D eigenvalue weighted by atomic mass is 15.2. The van der Waals surface area contributed by atoms with Gasteiger partial charge in [-0.05, 0) is 32.6 Å². The van der Waals surface area contributed by atoms with Crippen molar-refractivity contribution in [3.05, 3.63) is 0 Å². The molecule has 1 heterocycles. The SMILES string of the molecule is CC1(C)CN(C(C)(C)C)CC[C@@H]1N. The molecule has 1 saturated heterocycles. The van der Waals surface area contributed by atoms with E-state index in [1.165, 1.54) is 0 Å². The Kier molecular flexibility index (Phi) is 2.75. The van der Waals surface area contributed by atoms with Gasteiger partial charge in [-0.15, -0.1) is 0 Å². The van der Waals surface area contributed by atoms with Crippen molar-refractivity contribution in [1.82, 2.24) is 4.90 Å². The van der Waals surface area contributed by atoms with E-state index in [2.05, 4.69) is 39.5 Å². The molecule has 0 aromatic carbocycles. The van der Waals surface area contributed by atoms with Crippen LogP contribution in [0.5, 0.6) is 0 Å². The lowest BCUT2D eigenvalue weighted by Gasteiger charge is -2.48. The van der Waals surface area contributed by atoms with Gasteiger partial charge in [-0.2, -0.15) is 0 Å². The summed E-state index contributed by atoms with van der Waals surface area (Å²) in [5.41, 5.74) is 6.65. The summed E-state index contributed by atoms with van der Waals surface area (Å²) in [6, 6.07) is 0.367. The molecule has 2 heteroatoms. The van der Waals surface area contributed by atoms with Gasteiger partial charge in [0, 0.05) is 24.7 Å². The number of nitrogens with zero attached hydrogens (tertiary/aromatic N) is 1. The Hall–Kier alpha value is -0.0800. The Labute approximate surface area is 82.5 Å². The third-order valence-electron chi connectivity index (χ3n) is 3.26. The molecule has 1 atom stereocenters. The molecule has 0 radical (unpaired) electrons. The van der Waals surface area contributed by atoms with Gasteiger partial charge in [0.05, 0.1) is 0 Å². The van der Waals surface area contributed by atoms with E-state index in [1.807, 2.05) is 0 Å². The van der Waals surface area contributed by atoms with Crippen LogP contribution in [0.4, 0.5) is 0 Å². The van der Waals surface area contributed by atoms with Gasteiger partial charge in [0.1, 0.15) is 0 Å². The van der Waals surface area contributed by atoms with Crippen LogP contribution in [0.25, 0.3) is 0 Å². The monoisotopic (exact) mass is 184 g/mol. The quantitative estimate of drug-likeness (QED) is 0.622. The molecule has 2 nitrogen and oxygen atoms in total. The molecular formula is C11H24N2. The Bertz CT molecular complexity index is 179. The molecule has 78 valence electrons. The molecule has 13 heavy (non-hydrogen) atoms. The molecule has 0 spiro atoms. The van der Waals surface area contributed by atoms with Gasteiger partial charge in [-0.3, -0.25) is 4.90 Å². The minimum Gasteiger partial charge on any atom is -0.327 e. The maximum Gasteiger partial charge on any atom is 0.0125 e. The zero-order valence-electron chi connectivity index (χ0n) is 9.72. The van der Waals surface area contributed by atoms with E-state index in [-0.39, 0.29) is 11.0 Å². The van der Waals surface area contributed by atoms with E-state index < -0.39 is 0 Å². The second-order valence-corrected chi connectivity index (χ2v) is 5.98. The lowest BCUT2D eigenvalue weighted by atomic mass is 9.78. The lowest BCUT2D eigenvalue weighted by Crippen LogP contribution is -2.57. The Morgan fingerprint density at radius 2 is 1.85 bits per heavy atom. The second-order valence-electron chi connectivity index (χ2n) is 5.98. The minimum absolute atomic E-state index is 0.269.